The Labute approximate surface area is 125 Å². The third kappa shape index (κ3) is 8.38. The summed E-state index contributed by atoms with van der Waals surface area (Å²) in [4.78, 5) is 9.01. The lowest BCUT2D eigenvalue weighted by molar-refractivity contribution is 0.178. The first kappa shape index (κ1) is 19.2. The predicted molar refractivity (Wildman–Crippen MR) is 89.5 cm³/mol. The summed E-state index contributed by atoms with van der Waals surface area (Å²) in [5, 5.41) is 6.73. The molecule has 0 fully saturated rings. The largest absolute Gasteiger partial charge is 0.355 e. The third-order valence-electron chi connectivity index (χ3n) is 3.54. The number of hydrogen-bond acceptors (Lipinski definition) is 3. The van der Waals surface area contributed by atoms with Crippen molar-refractivity contribution in [2.24, 2.45) is 4.99 Å². The molecule has 0 aliphatic heterocycles. The van der Waals surface area contributed by atoms with Crippen LogP contribution in [0, 0.1) is 0 Å². The van der Waals surface area contributed by atoms with Crippen molar-refractivity contribution in [1.29, 1.82) is 0 Å². The van der Waals surface area contributed by atoms with E-state index in [0.29, 0.717) is 12.1 Å². The highest BCUT2D eigenvalue weighted by molar-refractivity contribution is 5.79. The molecule has 0 bridgehead atoms. The maximum absolute atomic E-state index is 4.25. The quantitative estimate of drug-likeness (QED) is 0.494. The van der Waals surface area contributed by atoms with Crippen molar-refractivity contribution >= 4 is 5.96 Å². The van der Waals surface area contributed by atoms with Gasteiger partial charge < -0.3 is 15.5 Å². The van der Waals surface area contributed by atoms with Gasteiger partial charge in [0.1, 0.15) is 0 Å². The van der Waals surface area contributed by atoms with Gasteiger partial charge in [-0.05, 0) is 41.3 Å². The molecule has 0 amide bonds. The average molecular weight is 285 g/mol. The van der Waals surface area contributed by atoms with Crippen molar-refractivity contribution < 1.29 is 0 Å². The van der Waals surface area contributed by atoms with Crippen LogP contribution in [0.4, 0.5) is 0 Å². The van der Waals surface area contributed by atoms with Gasteiger partial charge in [0.25, 0.3) is 0 Å². The zero-order chi connectivity index (χ0) is 15.5. The summed E-state index contributed by atoms with van der Waals surface area (Å²) < 4.78 is 0. The van der Waals surface area contributed by atoms with Crippen molar-refractivity contribution in [2.45, 2.75) is 46.7 Å². The molecule has 0 rings (SSSR count). The van der Waals surface area contributed by atoms with Crippen LogP contribution in [0.5, 0.6) is 0 Å². The maximum Gasteiger partial charge on any atom is 0.191 e. The molecule has 0 aliphatic rings. The van der Waals surface area contributed by atoms with Crippen LogP contribution in [0.15, 0.2) is 4.99 Å². The molecule has 0 saturated heterocycles. The summed E-state index contributed by atoms with van der Waals surface area (Å²) in [6.45, 7) is 16.1. The number of rotatable bonds is 9. The molecule has 0 saturated carbocycles. The van der Waals surface area contributed by atoms with Gasteiger partial charge in [-0.25, -0.2) is 0 Å². The van der Waals surface area contributed by atoms with E-state index in [2.05, 4.69) is 67.1 Å². The highest BCUT2D eigenvalue weighted by Gasteiger charge is 2.12. The summed E-state index contributed by atoms with van der Waals surface area (Å²) >= 11 is 0. The Morgan fingerprint density at radius 3 is 1.90 bits per heavy atom. The van der Waals surface area contributed by atoms with Gasteiger partial charge in [-0.3, -0.25) is 9.89 Å². The van der Waals surface area contributed by atoms with Gasteiger partial charge in [-0.1, -0.05) is 6.92 Å². The Bertz CT molecular complexity index is 255. The second-order valence-electron chi connectivity index (χ2n) is 5.75. The van der Waals surface area contributed by atoms with Gasteiger partial charge >= 0.3 is 0 Å². The minimum Gasteiger partial charge on any atom is -0.355 e. The Morgan fingerprint density at radius 2 is 1.50 bits per heavy atom. The van der Waals surface area contributed by atoms with E-state index >= 15 is 0 Å². The average Bonchev–Trinajstić information content (AvgIpc) is 2.40. The van der Waals surface area contributed by atoms with E-state index in [0.717, 1.165) is 38.7 Å². The molecule has 0 atom stereocenters. The molecule has 5 nitrogen and oxygen atoms in total. The third-order valence-corrected chi connectivity index (χ3v) is 3.54. The number of nitrogens with zero attached hydrogens (tertiary/aromatic N) is 3. The van der Waals surface area contributed by atoms with Crippen molar-refractivity contribution in [3.8, 4) is 0 Å². The highest BCUT2D eigenvalue weighted by atomic mass is 15.2. The van der Waals surface area contributed by atoms with Crippen LogP contribution in [0.3, 0.4) is 0 Å². The first-order chi connectivity index (χ1) is 9.42. The molecule has 5 heteroatoms. The van der Waals surface area contributed by atoms with Crippen molar-refractivity contribution in [1.82, 2.24) is 20.4 Å². The van der Waals surface area contributed by atoms with Crippen LogP contribution < -0.4 is 10.6 Å². The molecule has 0 aromatic carbocycles. The van der Waals surface area contributed by atoms with E-state index in [1.54, 1.807) is 0 Å². The van der Waals surface area contributed by atoms with Crippen molar-refractivity contribution in [3.63, 3.8) is 0 Å². The zero-order valence-electron chi connectivity index (χ0n) is 14.5. The molecule has 0 heterocycles. The second kappa shape index (κ2) is 10.9. The van der Waals surface area contributed by atoms with Gasteiger partial charge in [-0.15, -0.1) is 0 Å². The van der Waals surface area contributed by atoms with Crippen molar-refractivity contribution in [2.75, 3.05) is 46.8 Å². The monoisotopic (exact) mass is 285 g/mol. The van der Waals surface area contributed by atoms with E-state index < -0.39 is 0 Å². The van der Waals surface area contributed by atoms with Crippen LogP contribution in [-0.2, 0) is 0 Å². The fraction of sp³-hybridized carbons (Fsp3) is 0.933. The van der Waals surface area contributed by atoms with Crippen LogP contribution in [-0.4, -0.2) is 74.7 Å². The lowest BCUT2D eigenvalue weighted by Gasteiger charge is -2.30. The molecule has 0 radical (unpaired) electrons. The second-order valence-corrected chi connectivity index (χ2v) is 5.75. The summed E-state index contributed by atoms with van der Waals surface area (Å²) in [7, 11) is 3.95. The Morgan fingerprint density at radius 1 is 1.00 bits per heavy atom. The normalized spacial score (nSPS) is 12.8. The Balaban J connectivity index is 3.96. The standard InChI is InChI=1S/C15H35N5/c1-8-19(7)11-9-17-15(16-6)18-10-12-20(13(2)3)14(4)5/h13-14H,8-12H2,1-7H3,(H2,16,17,18). The van der Waals surface area contributed by atoms with E-state index in [4.69, 9.17) is 0 Å². The van der Waals surface area contributed by atoms with E-state index in [9.17, 15) is 0 Å². The highest BCUT2D eigenvalue weighted by Crippen LogP contribution is 2.03. The fourth-order valence-corrected chi connectivity index (χ4v) is 2.16. The van der Waals surface area contributed by atoms with Gasteiger partial charge in [-0.2, -0.15) is 0 Å². The molecule has 20 heavy (non-hydrogen) atoms. The zero-order valence-corrected chi connectivity index (χ0v) is 14.5. The van der Waals surface area contributed by atoms with Crippen LogP contribution in [0.2, 0.25) is 0 Å². The summed E-state index contributed by atoms with van der Waals surface area (Å²) in [6, 6.07) is 1.15. The number of likely N-dealkylation sites (N-methyl/N-ethyl adjacent to an activating group) is 1. The van der Waals surface area contributed by atoms with Gasteiger partial charge in [0, 0.05) is 45.3 Å². The number of nitrogens with one attached hydrogen (secondary N) is 2. The molecule has 2 N–H and O–H groups in total. The molecule has 0 aromatic heterocycles. The Hall–Kier alpha value is -0.810. The van der Waals surface area contributed by atoms with Gasteiger partial charge in [0.15, 0.2) is 5.96 Å². The molecule has 0 unspecified atom stereocenters. The van der Waals surface area contributed by atoms with Crippen LogP contribution in [0.1, 0.15) is 34.6 Å². The molecule has 0 aliphatic carbocycles. The van der Waals surface area contributed by atoms with Crippen LogP contribution in [0.25, 0.3) is 0 Å². The van der Waals surface area contributed by atoms with E-state index in [-0.39, 0.29) is 0 Å². The molecular formula is C15H35N5. The predicted octanol–water partition coefficient (Wildman–Crippen LogP) is 1.22. The number of guanidine groups is 1. The minimum absolute atomic E-state index is 0.574. The first-order valence-corrected chi connectivity index (χ1v) is 7.81. The fourth-order valence-electron chi connectivity index (χ4n) is 2.16. The van der Waals surface area contributed by atoms with Crippen molar-refractivity contribution in [3.05, 3.63) is 0 Å². The number of aliphatic imine (C=N–C) groups is 1. The van der Waals surface area contributed by atoms with Crippen LogP contribution >= 0.6 is 0 Å². The summed E-state index contributed by atoms with van der Waals surface area (Å²) in [5.41, 5.74) is 0. The number of hydrogen-bond donors (Lipinski definition) is 2. The SMILES string of the molecule is CCN(C)CCNC(=NC)NCCN(C(C)C)C(C)C. The lowest BCUT2D eigenvalue weighted by Crippen LogP contribution is -2.46. The lowest BCUT2D eigenvalue weighted by atomic mass is 10.2. The topological polar surface area (TPSA) is 42.9 Å². The maximum atomic E-state index is 4.25. The van der Waals surface area contributed by atoms with E-state index in [1.807, 2.05) is 7.05 Å². The molecule has 0 spiro atoms. The Kier molecular flexibility index (Phi) is 10.5. The minimum atomic E-state index is 0.574. The molecular weight excluding hydrogens is 250 g/mol. The van der Waals surface area contributed by atoms with Gasteiger partial charge in [0.2, 0.25) is 0 Å². The molecule has 0 aromatic rings. The summed E-state index contributed by atoms with van der Waals surface area (Å²) in [6.07, 6.45) is 0. The smallest absolute Gasteiger partial charge is 0.191 e. The van der Waals surface area contributed by atoms with E-state index in [1.165, 1.54) is 0 Å². The molecule has 120 valence electrons. The van der Waals surface area contributed by atoms with Gasteiger partial charge in [0.05, 0.1) is 0 Å². The first-order valence-electron chi connectivity index (χ1n) is 7.81. The summed E-state index contributed by atoms with van der Waals surface area (Å²) in [5.74, 6) is 0.891.